The molecule has 2 aromatic rings. The number of fused-ring (bicyclic) bond motifs is 1. The summed E-state index contributed by atoms with van der Waals surface area (Å²) >= 11 is 4.10. The normalized spacial score (nSPS) is 11.5. The van der Waals surface area contributed by atoms with Crippen molar-refractivity contribution in [1.82, 2.24) is 0 Å². The number of ketones is 1. The molecule has 0 amide bonds. The van der Waals surface area contributed by atoms with Crippen LogP contribution in [-0.2, 0) is 0 Å². The van der Waals surface area contributed by atoms with E-state index in [1.807, 2.05) is 0 Å². The summed E-state index contributed by atoms with van der Waals surface area (Å²) < 4.78 is 0. The van der Waals surface area contributed by atoms with Gasteiger partial charge in [0.25, 0.3) is 0 Å². The highest BCUT2D eigenvalue weighted by Gasteiger charge is 2.18. The number of benzene rings is 2. The minimum atomic E-state index is -1.18. The molecule has 2 aromatic carbocycles. The highest BCUT2D eigenvalue weighted by molar-refractivity contribution is 7.80. The van der Waals surface area contributed by atoms with Crippen LogP contribution in [0, 0.1) is 6.92 Å². The van der Waals surface area contributed by atoms with Gasteiger partial charge in [0.05, 0.1) is 16.5 Å². The van der Waals surface area contributed by atoms with Gasteiger partial charge in [-0.15, -0.1) is 0 Å². The molecular formula is C18H22O5S. The van der Waals surface area contributed by atoms with Gasteiger partial charge >= 0.3 is 5.97 Å². The molecule has 130 valence electrons. The molecule has 24 heavy (non-hydrogen) atoms. The van der Waals surface area contributed by atoms with E-state index in [2.05, 4.69) is 26.5 Å². The molecule has 3 N–H and O–H groups in total. The van der Waals surface area contributed by atoms with Crippen molar-refractivity contribution >= 4 is 35.2 Å². The number of hydrogen-bond acceptors (Lipinski definition) is 5. The van der Waals surface area contributed by atoms with E-state index in [-0.39, 0.29) is 33.8 Å². The van der Waals surface area contributed by atoms with Gasteiger partial charge < -0.3 is 15.3 Å². The number of Topliss-reactive ketones (excluding diaryl/α,β-unsaturated/α-hetero) is 1. The highest BCUT2D eigenvalue weighted by Crippen LogP contribution is 2.38. The molecule has 1 atom stereocenters. The average Bonchev–Trinajstić information content (AvgIpc) is 2.46. The van der Waals surface area contributed by atoms with Crippen molar-refractivity contribution in [1.29, 1.82) is 0 Å². The maximum absolute atomic E-state index is 11.5. The number of hydrogen-bond donors (Lipinski definition) is 4. The number of aromatic carboxylic acids is 1. The molecule has 0 radical (unpaired) electrons. The fraction of sp³-hybridized carbons (Fsp3) is 0.333. The lowest BCUT2D eigenvalue weighted by Gasteiger charge is -2.11. The van der Waals surface area contributed by atoms with Crippen LogP contribution < -0.4 is 0 Å². The van der Waals surface area contributed by atoms with Crippen molar-refractivity contribution in [3.63, 3.8) is 0 Å². The number of carboxylic acid groups (broad SMARTS) is 1. The SMILES string of the molecule is CC(=O)c1c(C)cc2cc(C(=O)O)cc(O)c2c1O.CCC(C)S. The second kappa shape index (κ2) is 8.06. The quantitative estimate of drug-likeness (QED) is 0.492. The molecule has 0 heterocycles. The van der Waals surface area contributed by atoms with E-state index in [1.165, 1.54) is 19.4 Å². The van der Waals surface area contributed by atoms with Crippen molar-refractivity contribution in [2.45, 2.75) is 39.4 Å². The molecule has 0 aliphatic heterocycles. The number of carbonyl (C=O) groups is 2. The van der Waals surface area contributed by atoms with Gasteiger partial charge in [0, 0.05) is 0 Å². The molecular weight excluding hydrogens is 328 g/mol. The Morgan fingerprint density at radius 1 is 1.21 bits per heavy atom. The van der Waals surface area contributed by atoms with Gasteiger partial charge in [-0.25, -0.2) is 4.79 Å². The Bertz CT molecular complexity index is 781. The van der Waals surface area contributed by atoms with Gasteiger partial charge in [-0.1, -0.05) is 19.9 Å². The van der Waals surface area contributed by atoms with Crippen molar-refractivity contribution in [3.05, 3.63) is 34.9 Å². The predicted molar refractivity (Wildman–Crippen MR) is 97.7 cm³/mol. The van der Waals surface area contributed by atoms with E-state index < -0.39 is 5.97 Å². The topological polar surface area (TPSA) is 94.8 Å². The molecule has 1 unspecified atom stereocenters. The Labute approximate surface area is 146 Å². The number of aromatic hydroxyl groups is 2. The molecule has 2 rings (SSSR count). The van der Waals surface area contributed by atoms with Crippen molar-refractivity contribution in [2.75, 3.05) is 0 Å². The number of carboxylic acids is 1. The molecule has 0 fully saturated rings. The molecule has 0 aliphatic rings. The lowest BCUT2D eigenvalue weighted by molar-refractivity contribution is 0.0696. The van der Waals surface area contributed by atoms with Crippen LogP contribution in [0.3, 0.4) is 0 Å². The largest absolute Gasteiger partial charge is 0.507 e. The van der Waals surface area contributed by atoms with Gasteiger partial charge in [-0.2, -0.15) is 12.6 Å². The Hall–Kier alpha value is -2.21. The number of thiol groups is 1. The molecule has 6 heteroatoms. The van der Waals surface area contributed by atoms with Crippen LogP contribution in [0.5, 0.6) is 11.5 Å². The zero-order chi connectivity index (χ0) is 18.6. The van der Waals surface area contributed by atoms with Crippen LogP contribution in [0.2, 0.25) is 0 Å². The second-order valence-electron chi connectivity index (χ2n) is 5.63. The summed E-state index contributed by atoms with van der Waals surface area (Å²) in [6.45, 7) is 7.16. The van der Waals surface area contributed by atoms with Crippen molar-refractivity contribution in [2.24, 2.45) is 0 Å². The number of rotatable bonds is 3. The van der Waals surface area contributed by atoms with Crippen LogP contribution in [0.4, 0.5) is 0 Å². The number of carbonyl (C=O) groups excluding carboxylic acids is 1. The molecule has 0 spiro atoms. The first kappa shape index (κ1) is 19.8. The maximum atomic E-state index is 11.5. The average molecular weight is 350 g/mol. The summed E-state index contributed by atoms with van der Waals surface area (Å²) in [4.78, 5) is 22.4. The lowest BCUT2D eigenvalue weighted by Crippen LogP contribution is -2.00. The van der Waals surface area contributed by atoms with Gasteiger partial charge in [0.2, 0.25) is 0 Å². The fourth-order valence-corrected chi connectivity index (χ4v) is 2.21. The van der Waals surface area contributed by atoms with Crippen LogP contribution in [-0.4, -0.2) is 32.3 Å². The van der Waals surface area contributed by atoms with Crippen LogP contribution >= 0.6 is 12.6 Å². The van der Waals surface area contributed by atoms with E-state index in [9.17, 15) is 19.8 Å². The molecule has 0 saturated carbocycles. The van der Waals surface area contributed by atoms with E-state index in [4.69, 9.17) is 5.11 Å². The minimum Gasteiger partial charge on any atom is -0.507 e. The minimum absolute atomic E-state index is 0.0839. The standard InChI is InChI=1S/C14H12O5.C4H10S/c1-6-3-8-4-9(14(18)19)5-10(16)12(8)13(17)11(6)7(2)15;1-3-4(2)5/h3-5,16-17H,1-2H3,(H,18,19);4-5H,3H2,1-2H3. The fourth-order valence-electron chi connectivity index (χ4n) is 2.21. The predicted octanol–water partition coefficient (Wildman–Crippen LogP) is 4.17. The third-order valence-corrected chi connectivity index (χ3v) is 3.94. The molecule has 0 saturated heterocycles. The van der Waals surface area contributed by atoms with E-state index in [1.54, 1.807) is 13.0 Å². The number of phenols is 2. The zero-order valence-electron chi connectivity index (χ0n) is 14.1. The monoisotopic (exact) mass is 350 g/mol. The third kappa shape index (κ3) is 4.41. The summed E-state index contributed by atoms with van der Waals surface area (Å²) in [7, 11) is 0. The lowest BCUT2D eigenvalue weighted by atomic mass is 9.96. The Balaban J connectivity index is 0.000000505. The Kier molecular flexibility index (Phi) is 6.66. The molecule has 0 aromatic heterocycles. The summed E-state index contributed by atoms with van der Waals surface area (Å²) in [5, 5.41) is 29.9. The van der Waals surface area contributed by atoms with Gasteiger partial charge in [-0.05, 0) is 48.6 Å². The first-order valence-corrected chi connectivity index (χ1v) is 8.03. The van der Waals surface area contributed by atoms with E-state index in [0.717, 1.165) is 6.07 Å². The smallest absolute Gasteiger partial charge is 0.335 e. The van der Waals surface area contributed by atoms with Crippen LogP contribution in [0.15, 0.2) is 18.2 Å². The van der Waals surface area contributed by atoms with Gasteiger partial charge in [0.1, 0.15) is 11.5 Å². The molecule has 0 bridgehead atoms. The third-order valence-electron chi connectivity index (χ3n) is 3.58. The maximum Gasteiger partial charge on any atom is 0.335 e. The van der Waals surface area contributed by atoms with Crippen molar-refractivity contribution < 1.29 is 24.9 Å². The summed E-state index contributed by atoms with van der Waals surface area (Å²) in [6.07, 6.45) is 1.17. The molecule has 0 aliphatic carbocycles. The number of aryl methyl sites for hydroxylation is 1. The van der Waals surface area contributed by atoms with Crippen LogP contribution in [0.25, 0.3) is 10.8 Å². The van der Waals surface area contributed by atoms with Gasteiger partial charge in [0.15, 0.2) is 5.78 Å². The molecule has 5 nitrogen and oxygen atoms in total. The first-order valence-electron chi connectivity index (χ1n) is 7.51. The van der Waals surface area contributed by atoms with Crippen LogP contribution in [0.1, 0.15) is 53.5 Å². The summed E-state index contributed by atoms with van der Waals surface area (Å²) in [6, 6.07) is 3.95. The summed E-state index contributed by atoms with van der Waals surface area (Å²) in [5.41, 5.74) is 0.574. The van der Waals surface area contributed by atoms with E-state index >= 15 is 0 Å². The Morgan fingerprint density at radius 3 is 2.17 bits per heavy atom. The summed E-state index contributed by atoms with van der Waals surface area (Å²) in [5.74, 6) is -2.18. The zero-order valence-corrected chi connectivity index (χ0v) is 15.0. The number of phenolic OH excluding ortho intramolecular Hbond substituents is 2. The van der Waals surface area contributed by atoms with E-state index in [0.29, 0.717) is 16.2 Å². The van der Waals surface area contributed by atoms with Crippen molar-refractivity contribution in [3.8, 4) is 11.5 Å². The first-order chi connectivity index (χ1) is 11.1. The highest BCUT2D eigenvalue weighted by atomic mass is 32.1. The Morgan fingerprint density at radius 2 is 1.75 bits per heavy atom. The second-order valence-corrected chi connectivity index (χ2v) is 6.51. The van der Waals surface area contributed by atoms with Gasteiger partial charge in [-0.3, -0.25) is 4.79 Å².